The smallest absolute Gasteiger partial charge is 0.0936 e. The molecular formula is C12H24N2O3. The highest BCUT2D eigenvalue weighted by molar-refractivity contribution is 4.89. The molecule has 0 radical (unpaired) electrons. The van der Waals surface area contributed by atoms with Crippen LogP contribution in [0, 0.1) is 5.41 Å². The molecule has 17 heavy (non-hydrogen) atoms. The van der Waals surface area contributed by atoms with Crippen LogP contribution in [0.1, 0.15) is 13.3 Å². The fraction of sp³-hybridized carbons (Fsp3) is 1.00. The number of morpholine rings is 1. The van der Waals surface area contributed by atoms with Gasteiger partial charge in [-0.05, 0) is 13.3 Å². The van der Waals surface area contributed by atoms with Crippen molar-refractivity contribution >= 4 is 0 Å². The van der Waals surface area contributed by atoms with Crippen molar-refractivity contribution in [2.75, 3.05) is 46.0 Å². The van der Waals surface area contributed by atoms with E-state index in [1.54, 1.807) is 0 Å². The van der Waals surface area contributed by atoms with Crippen molar-refractivity contribution in [1.29, 1.82) is 0 Å². The largest absolute Gasteiger partial charge is 0.394 e. The first-order valence-corrected chi connectivity index (χ1v) is 6.44. The maximum absolute atomic E-state index is 9.21. The summed E-state index contributed by atoms with van der Waals surface area (Å²) >= 11 is 0. The van der Waals surface area contributed by atoms with Gasteiger partial charge in [0, 0.05) is 38.2 Å². The summed E-state index contributed by atoms with van der Waals surface area (Å²) in [5, 5.41) is 9.21. The van der Waals surface area contributed by atoms with E-state index in [1.807, 2.05) is 0 Å². The van der Waals surface area contributed by atoms with Gasteiger partial charge in [-0.15, -0.1) is 0 Å². The third-order valence-corrected chi connectivity index (χ3v) is 3.78. The lowest BCUT2D eigenvalue weighted by molar-refractivity contribution is -0.102. The average Bonchev–Trinajstić information content (AvgIpc) is 2.77. The minimum Gasteiger partial charge on any atom is -0.394 e. The maximum atomic E-state index is 9.21. The van der Waals surface area contributed by atoms with Gasteiger partial charge in [0.2, 0.25) is 0 Å². The Bertz CT molecular complexity index is 244. The molecule has 0 aliphatic carbocycles. The molecule has 5 heteroatoms. The second-order valence-corrected chi connectivity index (χ2v) is 5.45. The monoisotopic (exact) mass is 244 g/mol. The molecule has 0 aromatic rings. The third-order valence-electron chi connectivity index (χ3n) is 3.78. The average molecular weight is 244 g/mol. The first kappa shape index (κ1) is 13.2. The van der Waals surface area contributed by atoms with Crippen molar-refractivity contribution in [3.8, 4) is 0 Å². The molecule has 2 heterocycles. The summed E-state index contributed by atoms with van der Waals surface area (Å²) in [7, 11) is 0. The van der Waals surface area contributed by atoms with Crippen molar-refractivity contribution in [3.05, 3.63) is 0 Å². The summed E-state index contributed by atoms with van der Waals surface area (Å²) in [5.74, 6) is 0. The molecule has 3 N–H and O–H groups in total. The van der Waals surface area contributed by atoms with Gasteiger partial charge < -0.3 is 20.3 Å². The Labute approximate surface area is 103 Å². The Morgan fingerprint density at radius 1 is 1.47 bits per heavy atom. The molecule has 5 nitrogen and oxygen atoms in total. The van der Waals surface area contributed by atoms with Crippen molar-refractivity contribution in [2.24, 2.45) is 11.1 Å². The first-order valence-electron chi connectivity index (χ1n) is 6.44. The van der Waals surface area contributed by atoms with Crippen molar-refractivity contribution < 1.29 is 14.6 Å². The van der Waals surface area contributed by atoms with E-state index in [-0.39, 0.29) is 24.2 Å². The van der Waals surface area contributed by atoms with Crippen LogP contribution in [0.3, 0.4) is 0 Å². The lowest BCUT2D eigenvalue weighted by atomic mass is 9.86. The predicted molar refractivity (Wildman–Crippen MR) is 64.8 cm³/mol. The van der Waals surface area contributed by atoms with E-state index in [1.165, 1.54) is 0 Å². The van der Waals surface area contributed by atoms with E-state index in [0.717, 1.165) is 39.3 Å². The Balaban J connectivity index is 1.92. The molecule has 3 unspecified atom stereocenters. The van der Waals surface area contributed by atoms with Crippen LogP contribution >= 0.6 is 0 Å². The molecule has 2 aliphatic heterocycles. The second kappa shape index (κ2) is 5.63. The van der Waals surface area contributed by atoms with Gasteiger partial charge in [0.25, 0.3) is 0 Å². The van der Waals surface area contributed by atoms with Crippen LogP contribution in [0.5, 0.6) is 0 Å². The first-order chi connectivity index (χ1) is 8.17. The number of nitrogens with two attached hydrogens (primary N) is 1. The Hall–Kier alpha value is -0.200. The fourth-order valence-electron chi connectivity index (χ4n) is 2.84. The number of rotatable bonds is 4. The minimum absolute atomic E-state index is 0.0594. The van der Waals surface area contributed by atoms with E-state index in [9.17, 15) is 5.11 Å². The molecule has 0 amide bonds. The number of ether oxygens (including phenoxy) is 2. The Morgan fingerprint density at radius 3 is 2.88 bits per heavy atom. The molecule has 0 spiro atoms. The molecule has 0 aromatic heterocycles. The number of hydrogen-bond donors (Lipinski definition) is 2. The van der Waals surface area contributed by atoms with Crippen LogP contribution in [0.2, 0.25) is 0 Å². The third kappa shape index (κ3) is 3.17. The van der Waals surface area contributed by atoms with Crippen molar-refractivity contribution in [3.63, 3.8) is 0 Å². The molecule has 0 saturated carbocycles. The molecule has 2 aliphatic rings. The lowest BCUT2D eigenvalue weighted by Crippen LogP contribution is -2.53. The molecule has 3 atom stereocenters. The lowest BCUT2D eigenvalue weighted by Gasteiger charge is -2.40. The maximum Gasteiger partial charge on any atom is 0.0936 e. The zero-order chi connectivity index (χ0) is 12.3. The van der Waals surface area contributed by atoms with E-state index >= 15 is 0 Å². The van der Waals surface area contributed by atoms with E-state index in [4.69, 9.17) is 15.2 Å². The molecule has 2 saturated heterocycles. The van der Waals surface area contributed by atoms with Crippen LogP contribution in [-0.4, -0.2) is 68.2 Å². The van der Waals surface area contributed by atoms with Gasteiger partial charge in [-0.1, -0.05) is 0 Å². The van der Waals surface area contributed by atoms with Gasteiger partial charge in [-0.25, -0.2) is 0 Å². The number of aliphatic hydroxyl groups excluding tert-OH is 1. The summed E-state index contributed by atoms with van der Waals surface area (Å²) in [4.78, 5) is 2.36. The summed E-state index contributed by atoms with van der Waals surface area (Å²) in [6.45, 7) is 7.05. The SMILES string of the molecule is CC1CN(CC2(CN)CCOC2)CC(CO)O1. The zero-order valence-electron chi connectivity index (χ0n) is 10.6. The molecule has 0 bridgehead atoms. The summed E-state index contributed by atoms with van der Waals surface area (Å²) in [6.07, 6.45) is 1.16. The molecule has 100 valence electrons. The molecule has 2 fully saturated rings. The summed E-state index contributed by atoms with van der Waals surface area (Å²) in [6, 6.07) is 0. The Kier molecular flexibility index (Phi) is 4.38. The van der Waals surface area contributed by atoms with Crippen LogP contribution < -0.4 is 5.73 Å². The van der Waals surface area contributed by atoms with Gasteiger partial charge >= 0.3 is 0 Å². The van der Waals surface area contributed by atoms with Crippen LogP contribution in [0.4, 0.5) is 0 Å². The van der Waals surface area contributed by atoms with Crippen LogP contribution in [0.25, 0.3) is 0 Å². The highest BCUT2D eigenvalue weighted by atomic mass is 16.5. The topological polar surface area (TPSA) is 68.0 Å². The normalized spacial score (nSPS) is 39.7. The van der Waals surface area contributed by atoms with Gasteiger partial charge in [-0.3, -0.25) is 4.90 Å². The van der Waals surface area contributed by atoms with Gasteiger partial charge in [0.1, 0.15) is 0 Å². The minimum atomic E-state index is -0.0594. The summed E-state index contributed by atoms with van der Waals surface area (Å²) < 4.78 is 11.1. The van der Waals surface area contributed by atoms with Gasteiger partial charge in [0.15, 0.2) is 0 Å². The quantitative estimate of drug-likeness (QED) is 0.693. The van der Waals surface area contributed by atoms with Crippen LogP contribution in [-0.2, 0) is 9.47 Å². The standard InChI is InChI=1S/C12H24N2O3/c1-10-4-14(5-11(6-15)17-10)8-12(7-13)2-3-16-9-12/h10-11,15H,2-9,13H2,1H3. The second-order valence-electron chi connectivity index (χ2n) is 5.45. The zero-order valence-corrected chi connectivity index (χ0v) is 10.6. The van der Waals surface area contributed by atoms with Gasteiger partial charge in [-0.2, -0.15) is 0 Å². The Morgan fingerprint density at radius 2 is 2.29 bits per heavy atom. The van der Waals surface area contributed by atoms with E-state index in [0.29, 0.717) is 6.54 Å². The van der Waals surface area contributed by atoms with Crippen LogP contribution in [0.15, 0.2) is 0 Å². The summed E-state index contributed by atoms with van der Waals surface area (Å²) in [5.41, 5.74) is 6.01. The fourth-order valence-corrected chi connectivity index (χ4v) is 2.84. The molecular weight excluding hydrogens is 220 g/mol. The molecule has 0 aromatic carbocycles. The molecule has 2 rings (SSSR count). The highest BCUT2D eigenvalue weighted by Crippen LogP contribution is 2.29. The highest BCUT2D eigenvalue weighted by Gasteiger charge is 2.37. The van der Waals surface area contributed by atoms with E-state index < -0.39 is 0 Å². The van der Waals surface area contributed by atoms with Gasteiger partial charge in [0.05, 0.1) is 25.4 Å². The number of hydrogen-bond acceptors (Lipinski definition) is 5. The number of aliphatic hydroxyl groups is 1. The predicted octanol–water partition coefficient (Wildman–Crippen LogP) is -0.567. The van der Waals surface area contributed by atoms with Crippen molar-refractivity contribution in [2.45, 2.75) is 25.6 Å². The number of nitrogens with zero attached hydrogens (tertiary/aromatic N) is 1. The van der Waals surface area contributed by atoms with Crippen molar-refractivity contribution in [1.82, 2.24) is 4.90 Å². The van der Waals surface area contributed by atoms with E-state index in [2.05, 4.69) is 11.8 Å².